The molecule has 0 bridgehead atoms. The Hall–Kier alpha value is -0.810. The first-order valence-corrected chi connectivity index (χ1v) is 8.71. The normalized spacial score (nSPS) is 21.8. The van der Waals surface area contributed by atoms with Gasteiger partial charge < -0.3 is 20.1 Å². The highest BCUT2D eigenvalue weighted by Crippen LogP contribution is 2.19. The number of amides is 1. The molecule has 5 heteroatoms. The summed E-state index contributed by atoms with van der Waals surface area (Å²) < 4.78 is 10.8. The van der Waals surface area contributed by atoms with E-state index in [0.29, 0.717) is 6.04 Å². The first-order chi connectivity index (χ1) is 10.4. The van der Waals surface area contributed by atoms with Gasteiger partial charge in [-0.3, -0.25) is 0 Å². The molecule has 2 N–H and O–H groups in total. The maximum atomic E-state index is 11.7. The van der Waals surface area contributed by atoms with Crippen molar-refractivity contribution in [2.45, 2.75) is 83.9 Å². The molecule has 0 spiro atoms. The standard InChI is InChI=1S/C17H34N2O3/c1-5-6-11-21-12-7-10-18-14-8-9-15(13-14)19-16(20)22-17(2,3)4/h14-15,18H,5-13H2,1-4H3,(H,19,20). The van der Waals surface area contributed by atoms with Gasteiger partial charge in [-0.1, -0.05) is 13.3 Å². The van der Waals surface area contributed by atoms with Crippen molar-refractivity contribution in [1.29, 1.82) is 0 Å². The van der Waals surface area contributed by atoms with E-state index in [0.717, 1.165) is 51.9 Å². The van der Waals surface area contributed by atoms with Gasteiger partial charge in [0.15, 0.2) is 0 Å². The van der Waals surface area contributed by atoms with Crippen LogP contribution in [0.25, 0.3) is 0 Å². The van der Waals surface area contributed by atoms with Crippen LogP contribution in [0.3, 0.4) is 0 Å². The van der Waals surface area contributed by atoms with E-state index in [1.165, 1.54) is 6.42 Å². The van der Waals surface area contributed by atoms with Crippen molar-refractivity contribution >= 4 is 6.09 Å². The van der Waals surface area contributed by atoms with E-state index < -0.39 is 5.60 Å². The fourth-order valence-corrected chi connectivity index (χ4v) is 2.60. The number of carbonyl (C=O) groups excluding carboxylic acids is 1. The van der Waals surface area contributed by atoms with E-state index in [4.69, 9.17) is 9.47 Å². The Morgan fingerprint density at radius 1 is 1.14 bits per heavy atom. The van der Waals surface area contributed by atoms with Crippen LogP contribution in [0.2, 0.25) is 0 Å². The second kappa shape index (κ2) is 10.1. The molecule has 1 rings (SSSR count). The molecular formula is C17H34N2O3. The molecule has 5 nitrogen and oxygen atoms in total. The molecule has 2 atom stereocenters. The molecule has 1 saturated carbocycles. The number of alkyl carbamates (subject to hydrolysis) is 1. The van der Waals surface area contributed by atoms with Crippen LogP contribution < -0.4 is 10.6 Å². The zero-order valence-electron chi connectivity index (χ0n) is 14.7. The first-order valence-electron chi connectivity index (χ1n) is 8.71. The van der Waals surface area contributed by atoms with Crippen LogP contribution in [0.5, 0.6) is 0 Å². The molecule has 22 heavy (non-hydrogen) atoms. The third-order valence-electron chi connectivity index (χ3n) is 3.69. The quantitative estimate of drug-likeness (QED) is 0.642. The summed E-state index contributed by atoms with van der Waals surface area (Å²) in [6.07, 6.45) is 6.18. The third-order valence-corrected chi connectivity index (χ3v) is 3.69. The Balaban J connectivity index is 2.04. The smallest absolute Gasteiger partial charge is 0.407 e. The Morgan fingerprint density at radius 3 is 2.50 bits per heavy atom. The van der Waals surface area contributed by atoms with Crippen LogP contribution in [0.4, 0.5) is 4.79 Å². The summed E-state index contributed by atoms with van der Waals surface area (Å²) in [6.45, 7) is 10.5. The van der Waals surface area contributed by atoms with Crippen LogP contribution in [-0.2, 0) is 9.47 Å². The van der Waals surface area contributed by atoms with E-state index in [2.05, 4.69) is 17.6 Å². The van der Waals surface area contributed by atoms with Gasteiger partial charge in [-0.15, -0.1) is 0 Å². The molecule has 1 amide bonds. The van der Waals surface area contributed by atoms with Gasteiger partial charge in [-0.05, 0) is 59.4 Å². The van der Waals surface area contributed by atoms with Gasteiger partial charge in [0, 0.05) is 25.3 Å². The lowest BCUT2D eigenvalue weighted by Crippen LogP contribution is -2.39. The molecule has 1 fully saturated rings. The fraction of sp³-hybridized carbons (Fsp3) is 0.941. The van der Waals surface area contributed by atoms with E-state index in [9.17, 15) is 4.79 Å². The molecule has 0 aromatic carbocycles. The summed E-state index contributed by atoms with van der Waals surface area (Å²) in [4.78, 5) is 11.7. The van der Waals surface area contributed by atoms with Gasteiger partial charge >= 0.3 is 6.09 Å². The Morgan fingerprint density at radius 2 is 1.82 bits per heavy atom. The monoisotopic (exact) mass is 314 g/mol. The molecule has 0 saturated heterocycles. The molecule has 0 aromatic rings. The number of unbranched alkanes of at least 4 members (excludes halogenated alkanes) is 1. The van der Waals surface area contributed by atoms with Crippen LogP contribution in [0.1, 0.15) is 66.2 Å². The highest BCUT2D eigenvalue weighted by molar-refractivity contribution is 5.68. The average Bonchev–Trinajstić information content (AvgIpc) is 2.83. The van der Waals surface area contributed by atoms with Crippen molar-refractivity contribution in [3.8, 4) is 0 Å². The zero-order valence-corrected chi connectivity index (χ0v) is 14.7. The van der Waals surface area contributed by atoms with E-state index in [1.807, 2.05) is 20.8 Å². The summed E-state index contributed by atoms with van der Waals surface area (Å²) in [5.41, 5.74) is -0.432. The summed E-state index contributed by atoms with van der Waals surface area (Å²) in [6, 6.07) is 0.726. The minimum Gasteiger partial charge on any atom is -0.444 e. The number of hydrogen-bond acceptors (Lipinski definition) is 4. The summed E-state index contributed by atoms with van der Waals surface area (Å²) in [7, 11) is 0. The van der Waals surface area contributed by atoms with Gasteiger partial charge in [0.25, 0.3) is 0 Å². The number of rotatable bonds is 9. The van der Waals surface area contributed by atoms with Crippen LogP contribution >= 0.6 is 0 Å². The topological polar surface area (TPSA) is 59.6 Å². The molecular weight excluding hydrogens is 280 g/mol. The van der Waals surface area contributed by atoms with Crippen LogP contribution in [-0.4, -0.2) is 43.5 Å². The van der Waals surface area contributed by atoms with E-state index >= 15 is 0 Å². The van der Waals surface area contributed by atoms with Gasteiger partial charge in [0.2, 0.25) is 0 Å². The SMILES string of the molecule is CCCCOCCCNC1CCC(NC(=O)OC(C)(C)C)C1. The Bertz CT molecular complexity index is 316. The van der Waals surface area contributed by atoms with Crippen LogP contribution in [0.15, 0.2) is 0 Å². The zero-order chi connectivity index (χ0) is 16.4. The maximum Gasteiger partial charge on any atom is 0.407 e. The molecule has 0 radical (unpaired) electrons. The lowest BCUT2D eigenvalue weighted by molar-refractivity contribution is 0.0505. The molecule has 1 aliphatic rings. The maximum absolute atomic E-state index is 11.7. The van der Waals surface area contributed by atoms with Crippen molar-refractivity contribution in [2.75, 3.05) is 19.8 Å². The summed E-state index contributed by atoms with van der Waals surface area (Å²) in [5, 5.41) is 6.52. The van der Waals surface area contributed by atoms with Gasteiger partial charge in [0.05, 0.1) is 0 Å². The molecule has 0 aliphatic heterocycles. The Labute approximate surface area is 135 Å². The lowest BCUT2D eigenvalue weighted by Gasteiger charge is -2.21. The second-order valence-electron chi connectivity index (χ2n) is 7.13. The number of carbonyl (C=O) groups is 1. The summed E-state index contributed by atoms with van der Waals surface area (Å²) >= 11 is 0. The van der Waals surface area contributed by atoms with Crippen molar-refractivity contribution in [1.82, 2.24) is 10.6 Å². The predicted octanol–water partition coefficient (Wildman–Crippen LogP) is 3.23. The predicted molar refractivity (Wildman–Crippen MR) is 89.1 cm³/mol. The van der Waals surface area contributed by atoms with Gasteiger partial charge in [-0.2, -0.15) is 0 Å². The van der Waals surface area contributed by atoms with Gasteiger partial charge in [0.1, 0.15) is 5.60 Å². The average molecular weight is 314 g/mol. The minimum absolute atomic E-state index is 0.230. The highest BCUT2D eigenvalue weighted by Gasteiger charge is 2.27. The molecule has 130 valence electrons. The molecule has 0 aromatic heterocycles. The summed E-state index contributed by atoms with van der Waals surface area (Å²) in [5.74, 6) is 0. The molecule has 1 aliphatic carbocycles. The molecule has 2 unspecified atom stereocenters. The van der Waals surface area contributed by atoms with Crippen molar-refractivity contribution in [3.63, 3.8) is 0 Å². The highest BCUT2D eigenvalue weighted by atomic mass is 16.6. The minimum atomic E-state index is -0.432. The van der Waals surface area contributed by atoms with E-state index in [-0.39, 0.29) is 12.1 Å². The number of ether oxygens (including phenoxy) is 2. The lowest BCUT2D eigenvalue weighted by atomic mass is 10.2. The largest absolute Gasteiger partial charge is 0.444 e. The molecule has 0 heterocycles. The fourth-order valence-electron chi connectivity index (χ4n) is 2.60. The van der Waals surface area contributed by atoms with Gasteiger partial charge in [-0.25, -0.2) is 4.79 Å². The van der Waals surface area contributed by atoms with Crippen molar-refractivity contribution in [3.05, 3.63) is 0 Å². The Kier molecular flexibility index (Phi) is 8.79. The van der Waals surface area contributed by atoms with Crippen molar-refractivity contribution < 1.29 is 14.3 Å². The number of nitrogens with one attached hydrogen (secondary N) is 2. The first kappa shape index (κ1) is 19.2. The van der Waals surface area contributed by atoms with Crippen molar-refractivity contribution in [2.24, 2.45) is 0 Å². The van der Waals surface area contributed by atoms with E-state index in [1.54, 1.807) is 0 Å². The number of hydrogen-bond donors (Lipinski definition) is 2. The second-order valence-corrected chi connectivity index (χ2v) is 7.13. The third kappa shape index (κ3) is 9.26. The van der Waals surface area contributed by atoms with Crippen LogP contribution in [0, 0.1) is 0 Å².